The highest BCUT2D eigenvalue weighted by Crippen LogP contribution is 2.38. The predicted molar refractivity (Wildman–Crippen MR) is 44.7 cm³/mol. The number of primary amides is 1. The Morgan fingerprint density at radius 2 is 1.91 bits per heavy atom. The van der Waals surface area contributed by atoms with Gasteiger partial charge in [0.05, 0.1) is 0 Å². The van der Waals surface area contributed by atoms with Crippen LogP contribution in [0.4, 0.5) is 0 Å². The maximum absolute atomic E-state index is 11.1. The van der Waals surface area contributed by atoms with E-state index in [0.29, 0.717) is 6.42 Å². The first-order valence-corrected chi connectivity index (χ1v) is 4.30. The summed E-state index contributed by atoms with van der Waals surface area (Å²) < 4.78 is 0. The average molecular weight is 154 g/mol. The Morgan fingerprint density at radius 1 is 1.36 bits per heavy atom. The molecule has 0 unspecified atom stereocenters. The van der Waals surface area contributed by atoms with Gasteiger partial charge in [-0.1, -0.05) is 26.2 Å². The minimum absolute atomic E-state index is 0.146. The fourth-order valence-electron chi connectivity index (χ4n) is 1.85. The zero-order chi connectivity index (χ0) is 8.32. The smallest absolute Gasteiger partial charge is 0.223 e. The van der Waals surface area contributed by atoms with Gasteiger partial charge in [-0.15, -0.1) is 0 Å². The minimum Gasteiger partial charge on any atom is -0.369 e. The Kier molecular flexibility index (Phi) is 2.53. The Labute approximate surface area is 68.2 Å². The van der Waals surface area contributed by atoms with Crippen molar-refractivity contribution in [2.75, 3.05) is 0 Å². The molecule has 0 saturated heterocycles. The van der Waals surface area contributed by atoms with Crippen LogP contribution in [0.25, 0.3) is 0 Å². The van der Waals surface area contributed by atoms with E-state index < -0.39 is 0 Å². The molecule has 0 aromatic heterocycles. The summed E-state index contributed by atoms with van der Waals surface area (Å²) in [5.41, 5.74) is 5.08. The number of carbonyl (C=O) groups excluding carboxylic acids is 1. The third-order valence-corrected chi connectivity index (χ3v) is 2.81. The maximum Gasteiger partial charge on any atom is 0.223 e. The van der Waals surface area contributed by atoms with Crippen molar-refractivity contribution in [1.82, 2.24) is 0 Å². The molecule has 63 valence electrons. The van der Waals surface area contributed by atoms with E-state index in [-0.39, 0.29) is 11.3 Å². The van der Waals surface area contributed by atoms with Crippen molar-refractivity contribution in [1.29, 1.82) is 0 Å². The standard InChI is InChI=1S/C9H16NO/c1-2-9(8(10)11)6-4-3-5-7-9/h1-7H2,(H2,10,11). The van der Waals surface area contributed by atoms with E-state index in [2.05, 4.69) is 6.92 Å². The van der Waals surface area contributed by atoms with Gasteiger partial charge in [-0.25, -0.2) is 0 Å². The second-order valence-electron chi connectivity index (χ2n) is 3.46. The van der Waals surface area contributed by atoms with E-state index in [1.165, 1.54) is 6.42 Å². The lowest BCUT2D eigenvalue weighted by molar-refractivity contribution is -0.129. The summed E-state index contributed by atoms with van der Waals surface area (Å²) in [6, 6.07) is 0. The van der Waals surface area contributed by atoms with Gasteiger partial charge < -0.3 is 5.73 Å². The number of amides is 1. The van der Waals surface area contributed by atoms with Crippen molar-refractivity contribution in [2.45, 2.75) is 38.5 Å². The number of nitrogens with two attached hydrogens (primary N) is 1. The summed E-state index contributed by atoms with van der Waals surface area (Å²) >= 11 is 0. The molecule has 0 bridgehead atoms. The van der Waals surface area contributed by atoms with Crippen molar-refractivity contribution < 1.29 is 4.79 Å². The van der Waals surface area contributed by atoms with Crippen LogP contribution in [0.15, 0.2) is 0 Å². The van der Waals surface area contributed by atoms with Crippen LogP contribution in [0.5, 0.6) is 0 Å². The summed E-state index contributed by atoms with van der Waals surface area (Å²) in [6.07, 6.45) is 6.09. The van der Waals surface area contributed by atoms with Crippen molar-refractivity contribution >= 4 is 5.91 Å². The van der Waals surface area contributed by atoms with Crippen molar-refractivity contribution in [3.05, 3.63) is 6.92 Å². The Hall–Kier alpha value is -0.530. The third-order valence-electron chi connectivity index (χ3n) is 2.81. The van der Waals surface area contributed by atoms with E-state index in [1.807, 2.05) is 0 Å². The molecule has 1 amide bonds. The van der Waals surface area contributed by atoms with Crippen LogP contribution in [-0.2, 0) is 4.79 Å². The first-order chi connectivity index (χ1) is 5.21. The molecule has 0 aliphatic heterocycles. The lowest BCUT2D eigenvalue weighted by Crippen LogP contribution is -2.38. The van der Waals surface area contributed by atoms with Crippen molar-refractivity contribution in [2.24, 2.45) is 11.1 Å². The average Bonchev–Trinajstić information content (AvgIpc) is 2.05. The summed E-state index contributed by atoms with van der Waals surface area (Å²) in [6.45, 7) is 3.80. The van der Waals surface area contributed by atoms with E-state index in [0.717, 1.165) is 25.7 Å². The van der Waals surface area contributed by atoms with Crippen LogP contribution < -0.4 is 5.73 Å². The largest absolute Gasteiger partial charge is 0.369 e. The number of carbonyl (C=O) groups is 1. The van der Waals surface area contributed by atoms with Crippen molar-refractivity contribution in [3.8, 4) is 0 Å². The molecule has 1 aliphatic carbocycles. The van der Waals surface area contributed by atoms with Gasteiger partial charge in [-0.05, 0) is 19.3 Å². The second-order valence-corrected chi connectivity index (χ2v) is 3.46. The molecule has 1 fully saturated rings. The van der Waals surface area contributed by atoms with Gasteiger partial charge in [-0.2, -0.15) is 0 Å². The Morgan fingerprint density at radius 3 is 2.18 bits per heavy atom. The lowest BCUT2D eigenvalue weighted by atomic mass is 9.72. The zero-order valence-corrected chi connectivity index (χ0v) is 6.94. The van der Waals surface area contributed by atoms with Gasteiger partial charge in [0.1, 0.15) is 0 Å². The fraction of sp³-hybridized carbons (Fsp3) is 0.778. The molecule has 0 aromatic rings. The first kappa shape index (κ1) is 8.57. The van der Waals surface area contributed by atoms with Crippen LogP contribution in [0, 0.1) is 12.3 Å². The molecule has 1 rings (SSSR count). The molecule has 2 heteroatoms. The molecule has 2 N–H and O–H groups in total. The second kappa shape index (κ2) is 3.24. The molecule has 1 aliphatic rings. The van der Waals surface area contributed by atoms with Gasteiger partial charge in [0.25, 0.3) is 0 Å². The normalized spacial score (nSPS) is 23.0. The Balaban J connectivity index is 2.64. The zero-order valence-electron chi connectivity index (χ0n) is 6.94. The van der Waals surface area contributed by atoms with Crippen LogP contribution >= 0.6 is 0 Å². The van der Waals surface area contributed by atoms with Crippen molar-refractivity contribution in [3.63, 3.8) is 0 Å². The molecule has 1 radical (unpaired) electrons. The van der Waals surface area contributed by atoms with E-state index in [9.17, 15) is 4.79 Å². The molecule has 2 nitrogen and oxygen atoms in total. The van der Waals surface area contributed by atoms with Gasteiger partial charge in [0.2, 0.25) is 5.91 Å². The highest BCUT2D eigenvalue weighted by atomic mass is 16.1. The quantitative estimate of drug-likeness (QED) is 0.645. The molecule has 0 heterocycles. The van der Waals surface area contributed by atoms with Crippen LogP contribution in [0.3, 0.4) is 0 Å². The fourth-order valence-corrected chi connectivity index (χ4v) is 1.85. The summed E-state index contributed by atoms with van der Waals surface area (Å²) in [5.74, 6) is -0.146. The van der Waals surface area contributed by atoms with E-state index in [1.54, 1.807) is 0 Å². The van der Waals surface area contributed by atoms with Crippen LogP contribution in [-0.4, -0.2) is 5.91 Å². The molecular formula is C9H16NO. The van der Waals surface area contributed by atoms with Gasteiger partial charge >= 0.3 is 0 Å². The number of hydrogen-bond donors (Lipinski definition) is 1. The monoisotopic (exact) mass is 154 g/mol. The molecule has 0 spiro atoms. The van der Waals surface area contributed by atoms with E-state index in [4.69, 9.17) is 5.73 Å². The molecule has 0 atom stereocenters. The van der Waals surface area contributed by atoms with Gasteiger partial charge in [0, 0.05) is 5.41 Å². The first-order valence-electron chi connectivity index (χ1n) is 4.30. The lowest BCUT2D eigenvalue weighted by Gasteiger charge is -2.32. The highest BCUT2D eigenvalue weighted by Gasteiger charge is 2.35. The number of hydrogen-bond acceptors (Lipinski definition) is 1. The molecule has 0 aromatic carbocycles. The number of rotatable bonds is 2. The summed E-state index contributed by atoms with van der Waals surface area (Å²) in [7, 11) is 0. The Bertz CT molecular complexity index is 148. The SMILES string of the molecule is [CH2]CC1(C(N)=O)CCCCC1. The van der Waals surface area contributed by atoms with Gasteiger partial charge in [-0.3, -0.25) is 4.79 Å². The third kappa shape index (κ3) is 1.55. The maximum atomic E-state index is 11.1. The molecule has 11 heavy (non-hydrogen) atoms. The minimum atomic E-state index is -0.252. The van der Waals surface area contributed by atoms with E-state index >= 15 is 0 Å². The predicted octanol–water partition coefficient (Wildman–Crippen LogP) is 1.65. The molecule has 1 saturated carbocycles. The van der Waals surface area contributed by atoms with Gasteiger partial charge in [0.15, 0.2) is 0 Å². The summed E-state index contributed by atoms with van der Waals surface area (Å²) in [5, 5.41) is 0. The summed E-state index contributed by atoms with van der Waals surface area (Å²) in [4.78, 5) is 11.1. The topological polar surface area (TPSA) is 43.1 Å². The van der Waals surface area contributed by atoms with Crippen LogP contribution in [0.1, 0.15) is 38.5 Å². The molecular weight excluding hydrogens is 138 g/mol. The highest BCUT2D eigenvalue weighted by molar-refractivity contribution is 5.80. The van der Waals surface area contributed by atoms with Crippen LogP contribution in [0.2, 0.25) is 0 Å².